The number of pyridine rings is 1. The number of carbonyl (C=O) groups excluding carboxylic acids is 1. The smallest absolute Gasteiger partial charge is 0.393 e. The second-order valence-electron chi connectivity index (χ2n) is 13.9. The van der Waals surface area contributed by atoms with E-state index < -0.39 is 35.9 Å². The fraction of sp³-hybridized carbons (Fsp3) is 0.528. The lowest BCUT2D eigenvalue weighted by Gasteiger charge is -2.36. The van der Waals surface area contributed by atoms with Crippen LogP contribution in [-0.2, 0) is 11.0 Å². The van der Waals surface area contributed by atoms with Crippen LogP contribution in [0.25, 0.3) is 10.8 Å². The summed E-state index contributed by atoms with van der Waals surface area (Å²) in [6.45, 7) is 15.7. The van der Waals surface area contributed by atoms with Crippen LogP contribution in [0.2, 0.25) is 5.02 Å². The summed E-state index contributed by atoms with van der Waals surface area (Å²) in [6.07, 6.45) is 5.02. The zero-order valence-corrected chi connectivity index (χ0v) is 27.7. The van der Waals surface area contributed by atoms with Gasteiger partial charge in [-0.1, -0.05) is 56.2 Å². The van der Waals surface area contributed by atoms with E-state index in [0.29, 0.717) is 36.3 Å². The monoisotopic (exact) mass is 659 g/mol. The number of halogens is 4. The first-order valence-electron chi connectivity index (χ1n) is 15.9. The number of benzene rings is 1. The number of nitrogens with zero attached hydrogens (tertiary/aromatic N) is 2. The van der Waals surface area contributed by atoms with Gasteiger partial charge in [0.15, 0.2) is 0 Å². The number of allylic oxidation sites excluding steroid dienone is 3. The summed E-state index contributed by atoms with van der Waals surface area (Å²) >= 11 is 6.11. The molecule has 2 fully saturated rings. The molecule has 2 saturated carbocycles. The van der Waals surface area contributed by atoms with Crippen LogP contribution >= 0.6 is 11.6 Å². The number of amides is 1. The molecule has 3 N–H and O–H groups in total. The van der Waals surface area contributed by atoms with Crippen LogP contribution in [0.5, 0.6) is 0 Å². The number of fused-ring (bicyclic) bond motifs is 1. The van der Waals surface area contributed by atoms with Crippen LogP contribution in [0.1, 0.15) is 83.5 Å². The van der Waals surface area contributed by atoms with E-state index in [1.54, 1.807) is 13.0 Å². The Kier molecular flexibility index (Phi) is 11.2. The van der Waals surface area contributed by atoms with Gasteiger partial charge in [0.05, 0.1) is 40.4 Å². The second-order valence-corrected chi connectivity index (χ2v) is 14.3. The number of hydrogen-bond acceptors (Lipinski definition) is 5. The molecule has 10 heteroatoms. The van der Waals surface area contributed by atoms with Gasteiger partial charge >= 0.3 is 6.18 Å². The molecule has 0 saturated heterocycles. The lowest BCUT2D eigenvalue weighted by atomic mass is 9.71. The zero-order valence-electron chi connectivity index (χ0n) is 26.9. The molecule has 2 aromatic rings. The highest BCUT2D eigenvalue weighted by atomic mass is 35.5. The molecule has 1 amide bonds. The molecule has 0 spiro atoms. The number of hydrogen-bond donors (Lipinski definition) is 3. The van der Waals surface area contributed by atoms with Crippen molar-refractivity contribution in [2.75, 3.05) is 0 Å². The molecular weight excluding hydrogens is 615 g/mol. The first kappa shape index (κ1) is 35.8. The fourth-order valence-corrected chi connectivity index (χ4v) is 6.60. The molecule has 46 heavy (non-hydrogen) atoms. The molecule has 6 unspecified atom stereocenters. The van der Waals surface area contributed by atoms with E-state index in [1.165, 1.54) is 12.3 Å². The van der Waals surface area contributed by atoms with Crippen molar-refractivity contribution in [3.63, 3.8) is 0 Å². The Morgan fingerprint density at radius 1 is 1.22 bits per heavy atom. The molecule has 0 aliphatic heterocycles. The van der Waals surface area contributed by atoms with Gasteiger partial charge in [0, 0.05) is 23.2 Å². The number of aromatic nitrogens is 1. The van der Waals surface area contributed by atoms with Crippen LogP contribution in [-0.4, -0.2) is 40.0 Å². The molecule has 0 bridgehead atoms. The minimum absolute atomic E-state index is 0.0111. The minimum Gasteiger partial charge on any atom is -0.393 e. The second kappa shape index (κ2) is 14.4. The molecule has 1 aromatic heterocycles. The number of aliphatic imine (C=N–C) groups is 1. The maximum absolute atomic E-state index is 13.7. The van der Waals surface area contributed by atoms with Crippen LogP contribution in [0.15, 0.2) is 65.5 Å². The topological polar surface area (TPSA) is 94.8 Å². The number of nitrogens with one attached hydrogen (secondary N) is 1. The van der Waals surface area contributed by atoms with Gasteiger partial charge in [0.1, 0.15) is 0 Å². The number of carbonyl (C=O) groups is 1. The zero-order chi connectivity index (χ0) is 34.0. The van der Waals surface area contributed by atoms with Crippen molar-refractivity contribution >= 4 is 35.0 Å². The van der Waals surface area contributed by atoms with Gasteiger partial charge in [-0.2, -0.15) is 13.2 Å². The third kappa shape index (κ3) is 8.87. The van der Waals surface area contributed by atoms with Crippen LogP contribution < -0.4 is 5.32 Å². The van der Waals surface area contributed by atoms with Crippen molar-refractivity contribution in [2.24, 2.45) is 34.1 Å². The highest BCUT2D eigenvalue weighted by molar-refractivity contribution is 6.35. The summed E-state index contributed by atoms with van der Waals surface area (Å²) in [5.41, 5.74) is 0.954. The normalized spacial score (nSPS) is 23.1. The summed E-state index contributed by atoms with van der Waals surface area (Å²) in [7, 11) is 0. The molecule has 250 valence electrons. The summed E-state index contributed by atoms with van der Waals surface area (Å²) in [6, 6.07) is 2.74. The van der Waals surface area contributed by atoms with Gasteiger partial charge in [-0.05, 0) is 93.0 Å². The SMILES string of the molecule is C=CC(/C=C(\N=C)C1CC1)CC(C(O)/C=C1/CCC(O)CC1C(=O)NC(C)c1cc2cc(C(F)(F)F)cc(Cl)c2cn1)C(C)(C)C. The Hall–Kier alpha value is -3.01. The van der Waals surface area contributed by atoms with Crippen molar-refractivity contribution in [1.82, 2.24) is 10.3 Å². The third-order valence-electron chi connectivity index (χ3n) is 9.28. The molecule has 4 rings (SSSR count). The summed E-state index contributed by atoms with van der Waals surface area (Å²) < 4.78 is 40.2. The first-order chi connectivity index (χ1) is 21.5. The van der Waals surface area contributed by atoms with Gasteiger partial charge in [0.2, 0.25) is 5.91 Å². The molecule has 2 aliphatic rings. The van der Waals surface area contributed by atoms with Crippen LogP contribution in [0.4, 0.5) is 13.2 Å². The van der Waals surface area contributed by atoms with Gasteiger partial charge in [-0.25, -0.2) is 0 Å². The molecule has 6 nitrogen and oxygen atoms in total. The van der Waals surface area contributed by atoms with E-state index in [4.69, 9.17) is 11.6 Å². The summed E-state index contributed by atoms with van der Waals surface area (Å²) in [5, 5.41) is 25.6. The third-order valence-corrected chi connectivity index (χ3v) is 9.59. The van der Waals surface area contributed by atoms with Crippen molar-refractivity contribution < 1.29 is 28.2 Å². The van der Waals surface area contributed by atoms with E-state index in [0.717, 1.165) is 36.2 Å². The maximum Gasteiger partial charge on any atom is 0.416 e. The van der Waals surface area contributed by atoms with E-state index >= 15 is 0 Å². The first-order valence-corrected chi connectivity index (χ1v) is 16.2. The minimum atomic E-state index is -4.56. The Morgan fingerprint density at radius 2 is 1.91 bits per heavy atom. The Morgan fingerprint density at radius 3 is 2.50 bits per heavy atom. The average molecular weight is 660 g/mol. The van der Waals surface area contributed by atoms with Gasteiger partial charge in [-0.3, -0.25) is 14.8 Å². The predicted octanol–water partition coefficient (Wildman–Crippen LogP) is 8.38. The highest BCUT2D eigenvalue weighted by Gasteiger charge is 2.36. The van der Waals surface area contributed by atoms with E-state index in [1.807, 2.05) is 6.08 Å². The molecule has 1 heterocycles. The molecule has 6 atom stereocenters. The van der Waals surface area contributed by atoms with Crippen LogP contribution in [0, 0.1) is 29.1 Å². The predicted molar refractivity (Wildman–Crippen MR) is 177 cm³/mol. The van der Waals surface area contributed by atoms with E-state index in [2.05, 4.69) is 55.4 Å². The standard InChI is InChI=1S/C36H45ClF3N3O3/c1-7-21(13-32(41-6)22-8-9-22)12-29(35(3,4)5)33(45)16-23-10-11-26(44)18-27(23)34(46)43-20(2)31-15-24-14-25(36(38,39)40)17-30(37)28(24)19-42-31/h7,13-17,19-22,26-27,29,33,44-45H,1,6,8-12,18H2,2-5H3,(H,43,46)/b23-16-,32-13-. The van der Waals surface area contributed by atoms with Crippen molar-refractivity contribution in [2.45, 2.75) is 90.6 Å². The Bertz CT molecular complexity index is 1510. The van der Waals surface area contributed by atoms with Crippen molar-refractivity contribution in [1.29, 1.82) is 0 Å². The lowest BCUT2D eigenvalue weighted by molar-refractivity contribution is -0.137. The summed E-state index contributed by atoms with van der Waals surface area (Å²) in [5.74, 6) is -0.776. The van der Waals surface area contributed by atoms with Crippen molar-refractivity contribution in [3.8, 4) is 0 Å². The lowest BCUT2D eigenvalue weighted by Crippen LogP contribution is -2.39. The van der Waals surface area contributed by atoms with Crippen molar-refractivity contribution in [3.05, 3.63) is 76.8 Å². The molecule has 2 aliphatic carbocycles. The largest absolute Gasteiger partial charge is 0.416 e. The Balaban J connectivity index is 1.55. The fourth-order valence-electron chi connectivity index (χ4n) is 6.33. The summed E-state index contributed by atoms with van der Waals surface area (Å²) in [4.78, 5) is 22.2. The number of alkyl halides is 3. The van der Waals surface area contributed by atoms with Gasteiger partial charge in [0.25, 0.3) is 0 Å². The van der Waals surface area contributed by atoms with Gasteiger partial charge in [-0.15, -0.1) is 6.58 Å². The van der Waals surface area contributed by atoms with E-state index in [-0.39, 0.29) is 40.0 Å². The Labute approximate surface area is 274 Å². The molecular formula is C36H45ClF3N3O3. The number of aliphatic hydroxyl groups is 2. The molecule has 0 radical (unpaired) electrons. The van der Waals surface area contributed by atoms with Crippen LogP contribution in [0.3, 0.4) is 0 Å². The number of rotatable bonds is 11. The highest BCUT2D eigenvalue weighted by Crippen LogP contribution is 2.41. The average Bonchev–Trinajstić information content (AvgIpc) is 3.82. The van der Waals surface area contributed by atoms with E-state index in [9.17, 15) is 28.2 Å². The number of aliphatic hydroxyl groups excluding tert-OH is 2. The maximum atomic E-state index is 13.7. The molecule has 1 aromatic carbocycles. The quantitative estimate of drug-likeness (QED) is 0.167. The van der Waals surface area contributed by atoms with Gasteiger partial charge < -0.3 is 15.5 Å².